The summed E-state index contributed by atoms with van der Waals surface area (Å²) in [5.74, 6) is -0.396. The average molecular weight is 445 g/mol. The fraction of sp³-hybridized carbons (Fsp3) is 0.417. The number of hydrogen-bond donors (Lipinski definition) is 0. The van der Waals surface area contributed by atoms with Crippen molar-refractivity contribution < 1.29 is 19.1 Å². The average Bonchev–Trinajstić information content (AvgIpc) is 3.03. The number of halogens is 1. The molecule has 0 saturated carbocycles. The van der Waals surface area contributed by atoms with Crippen molar-refractivity contribution in [2.75, 3.05) is 53.1 Å². The number of nitrogens with zero attached hydrogens (tertiary/aromatic N) is 2. The highest BCUT2D eigenvalue weighted by Gasteiger charge is 2.34. The van der Waals surface area contributed by atoms with Gasteiger partial charge in [-0.05, 0) is 49.2 Å². The standard InChI is InChI=1S/C24H29ClN2O4/c1-30-17-18-31-16-15-26(14-11-19-7-9-20(25)10-8-19)12-4-13-27-23(28)21-5-2-3-6-22(21)24(27)29/h2-3,5-10H,4,11-18H2,1H3. The smallest absolute Gasteiger partial charge is 0.261 e. The Hall–Kier alpha value is -2.25. The molecule has 1 aliphatic heterocycles. The molecule has 0 saturated heterocycles. The maximum Gasteiger partial charge on any atom is 0.261 e. The third-order valence-corrected chi connectivity index (χ3v) is 5.60. The second-order valence-electron chi connectivity index (χ2n) is 7.48. The first-order valence-corrected chi connectivity index (χ1v) is 11.0. The van der Waals surface area contributed by atoms with Crippen LogP contribution in [0, 0.1) is 0 Å². The van der Waals surface area contributed by atoms with Crippen molar-refractivity contribution >= 4 is 23.4 Å². The van der Waals surface area contributed by atoms with Gasteiger partial charge in [-0.25, -0.2) is 0 Å². The molecule has 0 bridgehead atoms. The van der Waals surface area contributed by atoms with Crippen molar-refractivity contribution in [1.82, 2.24) is 9.80 Å². The minimum atomic E-state index is -0.198. The highest BCUT2D eigenvalue weighted by molar-refractivity contribution is 6.30. The quantitative estimate of drug-likeness (QED) is 0.349. The topological polar surface area (TPSA) is 59.1 Å². The fourth-order valence-electron chi connectivity index (χ4n) is 3.61. The van der Waals surface area contributed by atoms with E-state index in [0.717, 1.165) is 31.1 Å². The highest BCUT2D eigenvalue weighted by atomic mass is 35.5. The van der Waals surface area contributed by atoms with Crippen LogP contribution < -0.4 is 0 Å². The first-order valence-electron chi connectivity index (χ1n) is 10.6. The van der Waals surface area contributed by atoms with Gasteiger partial charge in [0, 0.05) is 31.8 Å². The van der Waals surface area contributed by atoms with Gasteiger partial charge in [0.2, 0.25) is 0 Å². The molecule has 0 atom stereocenters. The molecule has 6 nitrogen and oxygen atoms in total. The van der Waals surface area contributed by atoms with Crippen LogP contribution in [0.3, 0.4) is 0 Å². The zero-order valence-corrected chi connectivity index (χ0v) is 18.6. The highest BCUT2D eigenvalue weighted by Crippen LogP contribution is 2.22. The Bertz CT molecular complexity index is 837. The van der Waals surface area contributed by atoms with E-state index in [4.69, 9.17) is 21.1 Å². The normalized spacial score (nSPS) is 13.3. The van der Waals surface area contributed by atoms with Crippen LogP contribution in [0.2, 0.25) is 5.02 Å². The number of benzene rings is 2. The van der Waals surface area contributed by atoms with E-state index in [1.807, 2.05) is 24.3 Å². The summed E-state index contributed by atoms with van der Waals surface area (Å²) in [7, 11) is 1.65. The van der Waals surface area contributed by atoms with Crippen LogP contribution >= 0.6 is 11.6 Å². The molecule has 31 heavy (non-hydrogen) atoms. The number of fused-ring (bicyclic) bond motifs is 1. The maximum absolute atomic E-state index is 12.5. The van der Waals surface area contributed by atoms with E-state index >= 15 is 0 Å². The SMILES string of the molecule is COCCOCCN(CCCN1C(=O)c2ccccc2C1=O)CCc1ccc(Cl)cc1. The van der Waals surface area contributed by atoms with Gasteiger partial charge in [-0.1, -0.05) is 35.9 Å². The van der Waals surface area contributed by atoms with Crippen molar-refractivity contribution in [2.24, 2.45) is 0 Å². The van der Waals surface area contributed by atoms with Gasteiger partial charge >= 0.3 is 0 Å². The van der Waals surface area contributed by atoms with Gasteiger partial charge in [0.25, 0.3) is 11.8 Å². The van der Waals surface area contributed by atoms with Crippen LogP contribution in [0.25, 0.3) is 0 Å². The largest absolute Gasteiger partial charge is 0.382 e. The summed E-state index contributed by atoms with van der Waals surface area (Å²) in [6.45, 7) is 4.57. The molecule has 0 spiro atoms. The van der Waals surface area contributed by atoms with Crippen LogP contribution in [0.4, 0.5) is 0 Å². The summed E-state index contributed by atoms with van der Waals surface area (Å²) in [6.07, 6.45) is 1.60. The molecule has 1 heterocycles. The van der Waals surface area contributed by atoms with Gasteiger partial charge in [-0.3, -0.25) is 14.5 Å². The molecule has 1 aliphatic rings. The first kappa shape index (κ1) is 23.4. The number of imide groups is 1. The van der Waals surface area contributed by atoms with E-state index in [-0.39, 0.29) is 11.8 Å². The Balaban J connectivity index is 1.50. The molecule has 0 fully saturated rings. The second kappa shape index (κ2) is 12.0. The summed E-state index contributed by atoms with van der Waals surface area (Å²) in [5, 5.41) is 0.730. The molecule has 2 aromatic carbocycles. The zero-order valence-electron chi connectivity index (χ0n) is 17.9. The first-order chi connectivity index (χ1) is 15.1. The second-order valence-corrected chi connectivity index (χ2v) is 7.92. The van der Waals surface area contributed by atoms with Gasteiger partial charge in [0.15, 0.2) is 0 Å². The van der Waals surface area contributed by atoms with Crippen molar-refractivity contribution in [1.29, 1.82) is 0 Å². The molecule has 0 aliphatic carbocycles. The molecule has 166 valence electrons. The summed E-state index contributed by atoms with van der Waals surface area (Å²) < 4.78 is 10.6. The number of methoxy groups -OCH3 is 1. The molecule has 0 radical (unpaired) electrons. The maximum atomic E-state index is 12.5. The minimum Gasteiger partial charge on any atom is -0.382 e. The third-order valence-electron chi connectivity index (χ3n) is 5.35. The Morgan fingerprint density at radius 3 is 2.19 bits per heavy atom. The minimum absolute atomic E-state index is 0.198. The number of rotatable bonds is 13. The molecule has 2 amide bonds. The zero-order chi connectivity index (χ0) is 22.1. The lowest BCUT2D eigenvalue weighted by Crippen LogP contribution is -2.35. The molecule has 2 aromatic rings. The van der Waals surface area contributed by atoms with E-state index in [1.165, 1.54) is 10.5 Å². The van der Waals surface area contributed by atoms with Gasteiger partial charge < -0.3 is 14.4 Å². The Kier molecular flexibility index (Phi) is 9.03. The Morgan fingerprint density at radius 1 is 0.871 bits per heavy atom. The van der Waals surface area contributed by atoms with Crippen molar-refractivity contribution in [3.8, 4) is 0 Å². The van der Waals surface area contributed by atoms with Crippen LogP contribution in [0.15, 0.2) is 48.5 Å². The lowest BCUT2D eigenvalue weighted by Gasteiger charge is -2.23. The molecule has 0 N–H and O–H groups in total. The fourth-order valence-corrected chi connectivity index (χ4v) is 3.73. The third kappa shape index (κ3) is 6.61. The molecular weight excluding hydrogens is 416 g/mol. The van der Waals surface area contributed by atoms with Gasteiger partial charge in [0.05, 0.1) is 30.9 Å². The van der Waals surface area contributed by atoms with E-state index in [0.29, 0.717) is 43.9 Å². The van der Waals surface area contributed by atoms with Crippen LogP contribution in [-0.2, 0) is 15.9 Å². The Labute approximate surface area is 188 Å². The number of amides is 2. The van der Waals surface area contributed by atoms with Crippen LogP contribution in [0.5, 0.6) is 0 Å². The number of carbonyl (C=O) groups is 2. The molecule has 7 heteroatoms. The van der Waals surface area contributed by atoms with Crippen LogP contribution in [-0.4, -0.2) is 74.7 Å². The predicted molar refractivity (Wildman–Crippen MR) is 121 cm³/mol. The summed E-state index contributed by atoms with van der Waals surface area (Å²) in [4.78, 5) is 28.7. The molecular formula is C24H29ClN2O4. The lowest BCUT2D eigenvalue weighted by molar-refractivity contribution is 0.0553. The van der Waals surface area contributed by atoms with Crippen molar-refractivity contribution in [3.63, 3.8) is 0 Å². The van der Waals surface area contributed by atoms with Gasteiger partial charge in [-0.2, -0.15) is 0 Å². The van der Waals surface area contributed by atoms with Crippen molar-refractivity contribution in [3.05, 3.63) is 70.2 Å². The monoisotopic (exact) mass is 444 g/mol. The lowest BCUT2D eigenvalue weighted by atomic mass is 10.1. The number of hydrogen-bond acceptors (Lipinski definition) is 5. The van der Waals surface area contributed by atoms with Gasteiger partial charge in [0.1, 0.15) is 0 Å². The van der Waals surface area contributed by atoms with E-state index in [2.05, 4.69) is 4.90 Å². The summed E-state index contributed by atoms with van der Waals surface area (Å²) >= 11 is 5.98. The molecule has 3 rings (SSSR count). The predicted octanol–water partition coefficient (Wildman–Crippen LogP) is 3.53. The molecule has 0 unspecified atom stereocenters. The van der Waals surface area contributed by atoms with Gasteiger partial charge in [-0.15, -0.1) is 0 Å². The summed E-state index contributed by atoms with van der Waals surface area (Å²) in [5.41, 5.74) is 2.22. The molecule has 0 aromatic heterocycles. The van der Waals surface area contributed by atoms with Crippen LogP contribution in [0.1, 0.15) is 32.7 Å². The van der Waals surface area contributed by atoms with Crippen molar-refractivity contribution in [2.45, 2.75) is 12.8 Å². The number of carbonyl (C=O) groups excluding carboxylic acids is 2. The Morgan fingerprint density at radius 2 is 1.55 bits per heavy atom. The van der Waals surface area contributed by atoms with E-state index in [1.54, 1.807) is 31.4 Å². The van der Waals surface area contributed by atoms with E-state index in [9.17, 15) is 9.59 Å². The summed E-state index contributed by atoms with van der Waals surface area (Å²) in [6, 6.07) is 14.9. The van der Waals surface area contributed by atoms with E-state index < -0.39 is 0 Å². The number of ether oxygens (including phenoxy) is 2.